The van der Waals surface area contributed by atoms with Gasteiger partial charge in [0, 0.05) is 0 Å². The van der Waals surface area contributed by atoms with Crippen molar-refractivity contribution in [2.45, 2.75) is 32.8 Å². The zero-order chi connectivity index (χ0) is 14.8. The molecule has 3 heteroatoms. The molecule has 0 aliphatic carbocycles. The highest BCUT2D eigenvalue weighted by Gasteiger charge is 2.18. The highest BCUT2D eigenvalue weighted by atomic mass is 35.5. The van der Waals surface area contributed by atoms with Gasteiger partial charge in [0.25, 0.3) is 0 Å². The highest BCUT2D eigenvalue weighted by Crippen LogP contribution is 2.31. The molecule has 2 N–H and O–H groups in total. The van der Waals surface area contributed by atoms with E-state index in [9.17, 15) is 0 Å². The van der Waals surface area contributed by atoms with Crippen molar-refractivity contribution in [1.29, 1.82) is 0 Å². The first-order valence-electron chi connectivity index (χ1n) is 6.64. The van der Waals surface area contributed by atoms with Crippen molar-refractivity contribution in [2.24, 2.45) is 0 Å². The largest absolute Gasteiger partial charge is 0.489 e. The Kier molecular flexibility index (Phi) is 4.24. The molecule has 2 aromatic carbocycles. The molecule has 0 amide bonds. The second kappa shape index (κ2) is 5.76. The van der Waals surface area contributed by atoms with E-state index in [1.54, 1.807) is 6.07 Å². The molecule has 0 fully saturated rings. The number of ether oxygens (including phenoxy) is 1. The molecule has 0 aromatic heterocycles. The number of nitrogens with two attached hydrogens (primary N) is 1. The Morgan fingerprint density at radius 2 is 1.80 bits per heavy atom. The third-order valence-electron chi connectivity index (χ3n) is 3.15. The van der Waals surface area contributed by atoms with Crippen molar-refractivity contribution in [3.05, 3.63) is 58.6 Å². The quantitative estimate of drug-likeness (QED) is 0.824. The maximum atomic E-state index is 5.95. The van der Waals surface area contributed by atoms with Crippen LogP contribution in [0.4, 0.5) is 5.69 Å². The first-order valence-corrected chi connectivity index (χ1v) is 7.02. The molecule has 2 nitrogen and oxygen atoms in total. The molecule has 2 rings (SSSR count). The van der Waals surface area contributed by atoms with Gasteiger partial charge in [-0.3, -0.25) is 0 Å². The van der Waals surface area contributed by atoms with Crippen molar-refractivity contribution in [3.8, 4) is 5.75 Å². The number of para-hydroxylation sites is 1. The fourth-order valence-corrected chi connectivity index (χ4v) is 2.17. The molecule has 0 saturated carbocycles. The van der Waals surface area contributed by atoms with Crippen LogP contribution in [0.25, 0.3) is 0 Å². The summed E-state index contributed by atoms with van der Waals surface area (Å²) in [6.45, 7) is 7.01. The summed E-state index contributed by atoms with van der Waals surface area (Å²) in [5.41, 5.74) is 8.64. The molecular formula is C17H20ClNO. The van der Waals surface area contributed by atoms with Gasteiger partial charge in [0.2, 0.25) is 0 Å². The van der Waals surface area contributed by atoms with Gasteiger partial charge in [-0.2, -0.15) is 0 Å². The van der Waals surface area contributed by atoms with Gasteiger partial charge in [-0.25, -0.2) is 0 Å². The van der Waals surface area contributed by atoms with E-state index in [0.717, 1.165) is 11.3 Å². The Hall–Kier alpha value is -1.67. The van der Waals surface area contributed by atoms with Crippen LogP contribution >= 0.6 is 11.6 Å². The number of anilines is 1. The third kappa shape index (κ3) is 3.45. The SMILES string of the molecule is CC(C)(C)c1ccccc1OCc1ccc(Cl)c(N)c1. The molecule has 0 radical (unpaired) electrons. The Labute approximate surface area is 125 Å². The number of hydrogen-bond acceptors (Lipinski definition) is 2. The van der Waals surface area contributed by atoms with E-state index in [0.29, 0.717) is 17.3 Å². The molecule has 0 aliphatic heterocycles. The van der Waals surface area contributed by atoms with Crippen LogP contribution in [0.2, 0.25) is 5.02 Å². The van der Waals surface area contributed by atoms with E-state index in [2.05, 4.69) is 26.8 Å². The van der Waals surface area contributed by atoms with Crippen LogP contribution in [0, 0.1) is 0 Å². The first kappa shape index (κ1) is 14.7. The topological polar surface area (TPSA) is 35.2 Å². The lowest BCUT2D eigenvalue weighted by Crippen LogP contribution is -2.13. The third-order valence-corrected chi connectivity index (χ3v) is 3.49. The smallest absolute Gasteiger partial charge is 0.123 e. The summed E-state index contributed by atoms with van der Waals surface area (Å²) in [5.74, 6) is 0.911. The molecule has 20 heavy (non-hydrogen) atoms. The van der Waals surface area contributed by atoms with Gasteiger partial charge >= 0.3 is 0 Å². The maximum absolute atomic E-state index is 5.95. The van der Waals surface area contributed by atoms with Crippen LogP contribution in [0.5, 0.6) is 5.75 Å². The summed E-state index contributed by atoms with van der Waals surface area (Å²) in [7, 11) is 0. The second-order valence-corrected chi connectivity index (χ2v) is 6.30. The summed E-state index contributed by atoms with van der Waals surface area (Å²) >= 11 is 5.92. The number of hydrogen-bond donors (Lipinski definition) is 1. The predicted octanol–water partition coefficient (Wildman–Crippen LogP) is 4.80. The summed E-state index contributed by atoms with van der Waals surface area (Å²) in [4.78, 5) is 0. The van der Waals surface area contributed by atoms with Gasteiger partial charge in [-0.15, -0.1) is 0 Å². The normalized spacial score (nSPS) is 11.4. The second-order valence-electron chi connectivity index (χ2n) is 5.89. The van der Waals surface area contributed by atoms with E-state index < -0.39 is 0 Å². The van der Waals surface area contributed by atoms with Crippen molar-refractivity contribution < 1.29 is 4.74 Å². The summed E-state index contributed by atoms with van der Waals surface area (Å²) in [6.07, 6.45) is 0. The van der Waals surface area contributed by atoms with Gasteiger partial charge in [-0.1, -0.05) is 56.6 Å². The van der Waals surface area contributed by atoms with E-state index in [1.807, 2.05) is 30.3 Å². The molecule has 0 bridgehead atoms. The fourth-order valence-electron chi connectivity index (χ4n) is 2.06. The summed E-state index contributed by atoms with van der Waals surface area (Å²) < 4.78 is 5.95. The van der Waals surface area contributed by atoms with Gasteiger partial charge in [0.1, 0.15) is 12.4 Å². The monoisotopic (exact) mass is 289 g/mol. The van der Waals surface area contributed by atoms with Crippen molar-refractivity contribution in [3.63, 3.8) is 0 Å². The molecular weight excluding hydrogens is 270 g/mol. The lowest BCUT2D eigenvalue weighted by molar-refractivity contribution is 0.297. The molecule has 0 unspecified atom stereocenters. The number of nitrogen functional groups attached to an aromatic ring is 1. The predicted molar refractivity (Wildman–Crippen MR) is 85.3 cm³/mol. The molecule has 2 aromatic rings. The van der Waals surface area contributed by atoms with Crippen molar-refractivity contribution >= 4 is 17.3 Å². The number of rotatable bonds is 3. The Morgan fingerprint density at radius 1 is 1.10 bits per heavy atom. The van der Waals surface area contributed by atoms with E-state index in [4.69, 9.17) is 22.1 Å². The molecule has 0 atom stereocenters. The number of halogens is 1. The maximum Gasteiger partial charge on any atom is 0.123 e. The van der Waals surface area contributed by atoms with Crippen LogP contribution in [0.15, 0.2) is 42.5 Å². The molecule has 0 aliphatic rings. The molecule has 0 heterocycles. The van der Waals surface area contributed by atoms with Crippen molar-refractivity contribution in [2.75, 3.05) is 5.73 Å². The zero-order valence-electron chi connectivity index (χ0n) is 12.1. The van der Waals surface area contributed by atoms with Gasteiger partial charge in [0.05, 0.1) is 10.7 Å². The minimum Gasteiger partial charge on any atom is -0.489 e. The minimum atomic E-state index is 0.0512. The average Bonchev–Trinajstić information content (AvgIpc) is 2.39. The molecule has 0 saturated heterocycles. The lowest BCUT2D eigenvalue weighted by atomic mass is 9.86. The van der Waals surface area contributed by atoms with Crippen LogP contribution in [-0.2, 0) is 12.0 Å². The van der Waals surface area contributed by atoms with Crippen molar-refractivity contribution in [1.82, 2.24) is 0 Å². The molecule has 106 valence electrons. The zero-order valence-corrected chi connectivity index (χ0v) is 12.9. The highest BCUT2D eigenvalue weighted by molar-refractivity contribution is 6.33. The van der Waals surface area contributed by atoms with Crippen LogP contribution < -0.4 is 10.5 Å². The lowest BCUT2D eigenvalue weighted by Gasteiger charge is -2.22. The van der Waals surface area contributed by atoms with Crippen LogP contribution in [0.1, 0.15) is 31.9 Å². The Balaban J connectivity index is 2.17. The Morgan fingerprint density at radius 3 is 2.45 bits per heavy atom. The van der Waals surface area contributed by atoms with Crippen LogP contribution in [-0.4, -0.2) is 0 Å². The fraction of sp³-hybridized carbons (Fsp3) is 0.294. The first-order chi connectivity index (χ1) is 9.38. The summed E-state index contributed by atoms with van der Waals surface area (Å²) in [6, 6.07) is 13.7. The van der Waals surface area contributed by atoms with E-state index in [-0.39, 0.29) is 5.41 Å². The van der Waals surface area contributed by atoms with Gasteiger partial charge < -0.3 is 10.5 Å². The Bertz CT molecular complexity index is 602. The number of benzene rings is 2. The average molecular weight is 290 g/mol. The van der Waals surface area contributed by atoms with Gasteiger partial charge in [-0.05, 0) is 34.7 Å². The standard InChI is InChI=1S/C17H20ClNO/c1-17(2,3)13-6-4-5-7-16(13)20-11-12-8-9-14(18)15(19)10-12/h4-10H,11,19H2,1-3H3. The van der Waals surface area contributed by atoms with E-state index >= 15 is 0 Å². The summed E-state index contributed by atoms with van der Waals surface area (Å²) in [5, 5.41) is 0.573. The minimum absolute atomic E-state index is 0.0512. The van der Waals surface area contributed by atoms with Crippen LogP contribution in [0.3, 0.4) is 0 Å². The van der Waals surface area contributed by atoms with Gasteiger partial charge in [0.15, 0.2) is 0 Å². The van der Waals surface area contributed by atoms with E-state index in [1.165, 1.54) is 5.56 Å². The molecule has 0 spiro atoms.